The first kappa shape index (κ1) is 14.9. The Bertz CT molecular complexity index is 927. The Hall–Kier alpha value is -2.99. The van der Waals surface area contributed by atoms with Crippen LogP contribution in [0, 0.1) is 10.1 Å². The third kappa shape index (κ3) is 3.12. The van der Waals surface area contributed by atoms with E-state index in [2.05, 4.69) is 10.3 Å². The Kier molecular flexibility index (Phi) is 3.91. The van der Waals surface area contributed by atoms with E-state index in [1.165, 1.54) is 18.3 Å². The standard InChI is InChI=1S/C16H10ClN3O3/c17-14-6-5-12(20(22)23)8-13(14)16(21)19-11-7-10-3-1-2-4-15(10)18-9-11/h1-9H,(H,19,21). The fourth-order valence-corrected chi connectivity index (χ4v) is 2.34. The van der Waals surface area contributed by atoms with E-state index in [1.54, 1.807) is 6.07 Å². The smallest absolute Gasteiger partial charge is 0.270 e. The molecule has 114 valence electrons. The summed E-state index contributed by atoms with van der Waals surface area (Å²) in [4.78, 5) is 26.8. The lowest BCUT2D eigenvalue weighted by Crippen LogP contribution is -2.13. The topological polar surface area (TPSA) is 85.1 Å². The van der Waals surface area contributed by atoms with Crippen molar-refractivity contribution in [3.8, 4) is 0 Å². The highest BCUT2D eigenvalue weighted by Crippen LogP contribution is 2.23. The minimum atomic E-state index is -0.579. The average Bonchev–Trinajstić information content (AvgIpc) is 2.54. The maximum atomic E-state index is 12.3. The van der Waals surface area contributed by atoms with Gasteiger partial charge in [0.25, 0.3) is 11.6 Å². The van der Waals surface area contributed by atoms with Crippen molar-refractivity contribution in [1.29, 1.82) is 0 Å². The molecule has 0 atom stereocenters. The molecule has 0 unspecified atom stereocenters. The maximum Gasteiger partial charge on any atom is 0.270 e. The summed E-state index contributed by atoms with van der Waals surface area (Å²) in [5, 5.41) is 14.5. The molecule has 23 heavy (non-hydrogen) atoms. The number of anilines is 1. The number of nitrogens with zero attached hydrogens (tertiary/aromatic N) is 2. The molecule has 0 spiro atoms. The number of nitrogens with one attached hydrogen (secondary N) is 1. The normalized spacial score (nSPS) is 10.5. The molecule has 0 bridgehead atoms. The number of fused-ring (bicyclic) bond motifs is 1. The molecule has 3 aromatic rings. The lowest BCUT2D eigenvalue weighted by molar-refractivity contribution is -0.384. The maximum absolute atomic E-state index is 12.3. The molecule has 1 N–H and O–H groups in total. The van der Waals surface area contributed by atoms with E-state index >= 15 is 0 Å². The second-order valence-electron chi connectivity index (χ2n) is 4.79. The number of carbonyl (C=O) groups is 1. The SMILES string of the molecule is O=C(Nc1cnc2ccccc2c1)c1cc([N+](=O)[O-])ccc1Cl. The summed E-state index contributed by atoms with van der Waals surface area (Å²) < 4.78 is 0. The van der Waals surface area contributed by atoms with Crippen LogP contribution in [-0.2, 0) is 0 Å². The van der Waals surface area contributed by atoms with Crippen molar-refractivity contribution in [2.75, 3.05) is 5.32 Å². The predicted molar refractivity (Wildman–Crippen MR) is 87.8 cm³/mol. The number of non-ortho nitro benzene ring substituents is 1. The number of halogens is 1. The van der Waals surface area contributed by atoms with Gasteiger partial charge in [-0.3, -0.25) is 19.9 Å². The van der Waals surface area contributed by atoms with Gasteiger partial charge in [-0.2, -0.15) is 0 Å². The van der Waals surface area contributed by atoms with E-state index in [0.717, 1.165) is 17.0 Å². The van der Waals surface area contributed by atoms with E-state index in [9.17, 15) is 14.9 Å². The van der Waals surface area contributed by atoms with Crippen LogP contribution in [0.5, 0.6) is 0 Å². The van der Waals surface area contributed by atoms with Crippen molar-refractivity contribution in [3.63, 3.8) is 0 Å². The summed E-state index contributed by atoms with van der Waals surface area (Å²) in [6.45, 7) is 0. The van der Waals surface area contributed by atoms with E-state index in [0.29, 0.717) is 5.69 Å². The summed E-state index contributed by atoms with van der Waals surface area (Å²) in [6, 6.07) is 13.0. The predicted octanol–water partition coefficient (Wildman–Crippen LogP) is 4.05. The summed E-state index contributed by atoms with van der Waals surface area (Å²) in [7, 11) is 0. The molecular weight excluding hydrogens is 318 g/mol. The highest BCUT2D eigenvalue weighted by molar-refractivity contribution is 6.34. The Morgan fingerprint density at radius 3 is 2.74 bits per heavy atom. The van der Waals surface area contributed by atoms with Gasteiger partial charge in [-0.05, 0) is 18.2 Å². The lowest BCUT2D eigenvalue weighted by Gasteiger charge is -2.07. The van der Waals surface area contributed by atoms with Crippen LogP contribution in [0.4, 0.5) is 11.4 Å². The summed E-state index contributed by atoms with van der Waals surface area (Å²) in [5.74, 6) is -0.532. The van der Waals surface area contributed by atoms with Gasteiger partial charge in [0.2, 0.25) is 0 Å². The van der Waals surface area contributed by atoms with Gasteiger partial charge >= 0.3 is 0 Å². The number of pyridine rings is 1. The highest BCUT2D eigenvalue weighted by Gasteiger charge is 2.16. The van der Waals surface area contributed by atoms with E-state index in [4.69, 9.17) is 11.6 Å². The molecular formula is C16H10ClN3O3. The molecule has 1 aromatic heterocycles. The molecule has 7 heteroatoms. The van der Waals surface area contributed by atoms with Crippen molar-refractivity contribution in [1.82, 2.24) is 4.98 Å². The molecule has 0 radical (unpaired) electrons. The lowest BCUT2D eigenvalue weighted by atomic mass is 10.1. The molecule has 0 aliphatic rings. The number of aromatic nitrogens is 1. The number of rotatable bonds is 3. The molecule has 0 saturated carbocycles. The molecule has 6 nitrogen and oxygen atoms in total. The van der Waals surface area contributed by atoms with Crippen LogP contribution in [0.3, 0.4) is 0 Å². The number of para-hydroxylation sites is 1. The van der Waals surface area contributed by atoms with Gasteiger partial charge in [0.1, 0.15) is 0 Å². The zero-order chi connectivity index (χ0) is 16.4. The van der Waals surface area contributed by atoms with Crippen LogP contribution in [0.1, 0.15) is 10.4 Å². The van der Waals surface area contributed by atoms with Crippen LogP contribution >= 0.6 is 11.6 Å². The number of amides is 1. The van der Waals surface area contributed by atoms with Crippen molar-refractivity contribution in [3.05, 3.63) is 75.4 Å². The van der Waals surface area contributed by atoms with Crippen LogP contribution in [0.2, 0.25) is 5.02 Å². The third-order valence-corrected chi connectivity index (χ3v) is 3.58. The fourth-order valence-electron chi connectivity index (χ4n) is 2.14. The van der Waals surface area contributed by atoms with Gasteiger partial charge in [0.15, 0.2) is 0 Å². The summed E-state index contributed by atoms with van der Waals surface area (Å²) in [5.41, 5.74) is 1.13. The van der Waals surface area contributed by atoms with Crippen molar-refractivity contribution >= 4 is 39.8 Å². The number of nitro groups is 1. The van der Waals surface area contributed by atoms with Crippen LogP contribution in [0.15, 0.2) is 54.7 Å². The largest absolute Gasteiger partial charge is 0.321 e. The van der Waals surface area contributed by atoms with E-state index in [1.807, 2.05) is 24.3 Å². The molecule has 3 rings (SSSR count). The summed E-state index contributed by atoms with van der Waals surface area (Å²) in [6.07, 6.45) is 1.52. The molecule has 0 aliphatic carbocycles. The molecule has 1 amide bonds. The second kappa shape index (κ2) is 6.02. The first-order valence-corrected chi connectivity index (χ1v) is 7.02. The van der Waals surface area contributed by atoms with Gasteiger partial charge in [-0.1, -0.05) is 29.8 Å². The van der Waals surface area contributed by atoms with E-state index < -0.39 is 10.8 Å². The fraction of sp³-hybridized carbons (Fsp3) is 0. The Balaban J connectivity index is 1.91. The number of hydrogen-bond acceptors (Lipinski definition) is 4. The van der Waals surface area contributed by atoms with Crippen molar-refractivity contribution < 1.29 is 9.72 Å². The Morgan fingerprint density at radius 1 is 1.17 bits per heavy atom. The number of benzene rings is 2. The number of carbonyl (C=O) groups excluding carboxylic acids is 1. The molecule has 1 heterocycles. The summed E-state index contributed by atoms with van der Waals surface area (Å²) >= 11 is 5.96. The molecule has 0 aliphatic heterocycles. The van der Waals surface area contributed by atoms with Crippen LogP contribution in [0.25, 0.3) is 10.9 Å². The minimum Gasteiger partial charge on any atom is -0.321 e. The Labute approximate surface area is 135 Å². The first-order valence-electron chi connectivity index (χ1n) is 6.65. The third-order valence-electron chi connectivity index (χ3n) is 3.25. The van der Waals surface area contributed by atoms with Gasteiger partial charge in [-0.15, -0.1) is 0 Å². The molecule has 0 fully saturated rings. The van der Waals surface area contributed by atoms with Gasteiger partial charge < -0.3 is 5.32 Å². The highest BCUT2D eigenvalue weighted by atomic mass is 35.5. The average molecular weight is 328 g/mol. The van der Waals surface area contributed by atoms with Crippen LogP contribution in [-0.4, -0.2) is 15.8 Å². The monoisotopic (exact) mass is 327 g/mol. The van der Waals surface area contributed by atoms with Gasteiger partial charge in [0, 0.05) is 17.5 Å². The second-order valence-corrected chi connectivity index (χ2v) is 5.20. The van der Waals surface area contributed by atoms with Crippen LogP contribution < -0.4 is 5.32 Å². The molecule has 2 aromatic carbocycles. The van der Waals surface area contributed by atoms with Gasteiger partial charge in [0.05, 0.1) is 32.9 Å². The van der Waals surface area contributed by atoms with Crippen molar-refractivity contribution in [2.45, 2.75) is 0 Å². The van der Waals surface area contributed by atoms with E-state index in [-0.39, 0.29) is 16.3 Å². The first-order chi connectivity index (χ1) is 11.0. The molecule has 0 saturated heterocycles. The zero-order valence-electron chi connectivity index (χ0n) is 11.7. The number of hydrogen-bond donors (Lipinski definition) is 1. The zero-order valence-corrected chi connectivity index (χ0v) is 12.4. The number of nitro benzene ring substituents is 1. The Morgan fingerprint density at radius 2 is 1.96 bits per heavy atom. The quantitative estimate of drug-likeness (QED) is 0.581. The van der Waals surface area contributed by atoms with Gasteiger partial charge in [-0.25, -0.2) is 0 Å². The minimum absolute atomic E-state index is 0.0361. The van der Waals surface area contributed by atoms with Crippen molar-refractivity contribution in [2.24, 2.45) is 0 Å².